The summed E-state index contributed by atoms with van der Waals surface area (Å²) in [6, 6.07) is 1.10. The van der Waals surface area contributed by atoms with Gasteiger partial charge in [0.05, 0.1) is 15.5 Å². The molecule has 1 aromatic rings. The zero-order valence-corrected chi connectivity index (χ0v) is 8.41. The lowest BCUT2D eigenvalue weighted by Crippen LogP contribution is -2.02. The highest BCUT2D eigenvalue weighted by atomic mass is 35.5. The van der Waals surface area contributed by atoms with Crippen molar-refractivity contribution in [1.29, 1.82) is 0 Å². The average Bonchev–Trinajstić information content (AvgIpc) is 2.10. The molecular weight excluding hydrogens is 224 g/mol. The Balaban J connectivity index is 3.63. The molecule has 0 aliphatic heterocycles. The van der Waals surface area contributed by atoms with Crippen LogP contribution in [0.25, 0.3) is 0 Å². The van der Waals surface area contributed by atoms with E-state index in [2.05, 4.69) is 0 Å². The van der Waals surface area contributed by atoms with Gasteiger partial charge in [-0.1, -0.05) is 11.6 Å². The van der Waals surface area contributed by atoms with E-state index in [-0.39, 0.29) is 16.3 Å². The second kappa shape index (κ2) is 3.74. The number of phenols is 1. The molecule has 0 aliphatic carbocycles. The Morgan fingerprint density at radius 3 is 2.60 bits per heavy atom. The lowest BCUT2D eigenvalue weighted by Gasteiger charge is -2.05. The van der Waals surface area contributed by atoms with E-state index in [1.807, 2.05) is 0 Å². The largest absolute Gasteiger partial charge is 0.502 e. The number of Topliss-reactive ketones (excluding diaryl/α,β-unsaturated/α-hetero) is 1. The van der Waals surface area contributed by atoms with Crippen molar-refractivity contribution in [3.8, 4) is 5.75 Å². The average molecular weight is 231 g/mol. The number of carbonyl (C=O) groups is 1. The number of nitro groups is 1. The van der Waals surface area contributed by atoms with Crippen molar-refractivity contribution in [1.82, 2.24) is 0 Å². The maximum absolute atomic E-state index is 11.0. The molecule has 0 bridgehead atoms. The Morgan fingerprint density at radius 1 is 1.67 bits per heavy atom. The second-order valence-electron chi connectivity index (χ2n) is 2.83. The summed E-state index contributed by atoms with van der Waals surface area (Å²) < 4.78 is 0. The van der Waals surface area contributed by atoms with Gasteiger partial charge >= 0.3 is 5.69 Å². The molecule has 0 saturated heterocycles. The molecule has 0 amide bonds. The van der Waals surface area contributed by atoms with Crippen LogP contribution in [0.2, 0.25) is 5.02 Å². The molecule has 0 aromatic heterocycles. The van der Waals surface area contributed by atoms with Gasteiger partial charge in [0.1, 0.15) is 5.69 Å². The van der Waals surface area contributed by atoms with E-state index in [0.29, 0.717) is 0 Å². The van der Waals surface area contributed by atoms with Crippen molar-refractivity contribution in [2.75, 3.05) is 5.73 Å². The summed E-state index contributed by atoms with van der Waals surface area (Å²) in [5, 5.41) is 19.9. The number of anilines is 1. The topological polar surface area (TPSA) is 106 Å². The molecule has 0 fully saturated rings. The Bertz CT molecular complexity index is 458. The van der Waals surface area contributed by atoms with E-state index in [4.69, 9.17) is 17.3 Å². The summed E-state index contributed by atoms with van der Waals surface area (Å²) >= 11 is 5.59. The van der Waals surface area contributed by atoms with E-state index in [9.17, 15) is 20.0 Å². The molecule has 80 valence electrons. The number of carbonyl (C=O) groups excluding carboxylic acids is 1. The monoisotopic (exact) mass is 230 g/mol. The van der Waals surface area contributed by atoms with Gasteiger partial charge in [0.2, 0.25) is 5.75 Å². The SMILES string of the molecule is CC(=O)c1cc(Cl)c(N)c([N+](=O)[O-])c1O. The first-order valence-corrected chi connectivity index (χ1v) is 4.20. The van der Waals surface area contributed by atoms with E-state index in [1.54, 1.807) is 0 Å². The standard InChI is InChI=1S/C8H7ClN2O4/c1-3(12)4-2-5(9)6(10)7(8(4)13)11(14)15/h2,13H,10H2,1H3. The third-order valence-corrected chi connectivity index (χ3v) is 2.14. The van der Waals surface area contributed by atoms with Crippen molar-refractivity contribution in [2.45, 2.75) is 6.92 Å². The normalized spacial score (nSPS) is 10.0. The van der Waals surface area contributed by atoms with Crippen LogP contribution in [0, 0.1) is 10.1 Å². The lowest BCUT2D eigenvalue weighted by molar-refractivity contribution is -0.384. The number of ketones is 1. The number of nitrogens with zero attached hydrogens (tertiary/aromatic N) is 1. The van der Waals surface area contributed by atoms with Crippen molar-refractivity contribution < 1.29 is 14.8 Å². The first-order chi connectivity index (χ1) is 6.86. The van der Waals surface area contributed by atoms with Crippen LogP contribution in [0.15, 0.2) is 6.07 Å². The molecule has 1 rings (SSSR count). The first-order valence-electron chi connectivity index (χ1n) is 3.82. The van der Waals surface area contributed by atoms with Crippen LogP contribution in [-0.2, 0) is 0 Å². The summed E-state index contributed by atoms with van der Waals surface area (Å²) in [4.78, 5) is 20.7. The predicted octanol–water partition coefficient (Wildman–Crippen LogP) is 1.74. The molecule has 0 unspecified atom stereocenters. The van der Waals surface area contributed by atoms with Gasteiger partial charge < -0.3 is 10.8 Å². The molecule has 15 heavy (non-hydrogen) atoms. The number of hydrogen-bond acceptors (Lipinski definition) is 5. The molecule has 1 aromatic carbocycles. The van der Waals surface area contributed by atoms with Gasteiger partial charge in [0, 0.05) is 0 Å². The van der Waals surface area contributed by atoms with Crippen molar-refractivity contribution >= 4 is 28.8 Å². The highest BCUT2D eigenvalue weighted by Crippen LogP contribution is 2.40. The maximum atomic E-state index is 11.0. The quantitative estimate of drug-likeness (QED) is 0.348. The van der Waals surface area contributed by atoms with Gasteiger partial charge in [-0.05, 0) is 13.0 Å². The van der Waals surface area contributed by atoms with Crippen LogP contribution in [0.3, 0.4) is 0 Å². The fourth-order valence-corrected chi connectivity index (χ4v) is 1.29. The van der Waals surface area contributed by atoms with Gasteiger partial charge in [-0.3, -0.25) is 14.9 Å². The van der Waals surface area contributed by atoms with E-state index in [1.165, 1.54) is 0 Å². The number of aromatic hydroxyl groups is 1. The smallest absolute Gasteiger partial charge is 0.335 e. The number of phenolic OH excluding ortho intramolecular Hbond substituents is 1. The molecule has 0 aliphatic rings. The Labute approximate surface area is 89.4 Å². The minimum Gasteiger partial charge on any atom is -0.502 e. The lowest BCUT2D eigenvalue weighted by atomic mass is 10.1. The minimum atomic E-state index is -0.886. The number of nitrogens with two attached hydrogens (primary N) is 1. The summed E-state index contributed by atoms with van der Waals surface area (Å²) in [7, 11) is 0. The number of nitrogen functional groups attached to an aromatic ring is 1. The van der Waals surface area contributed by atoms with Crippen LogP contribution >= 0.6 is 11.6 Å². The summed E-state index contributed by atoms with van der Waals surface area (Å²) in [5.41, 5.74) is 3.99. The number of rotatable bonds is 2. The van der Waals surface area contributed by atoms with Crippen molar-refractivity contribution in [3.05, 3.63) is 26.8 Å². The van der Waals surface area contributed by atoms with Crippen LogP contribution in [0.4, 0.5) is 11.4 Å². The highest BCUT2D eigenvalue weighted by Gasteiger charge is 2.25. The van der Waals surface area contributed by atoms with Crippen LogP contribution in [0.5, 0.6) is 5.75 Å². The molecule has 0 radical (unpaired) electrons. The Hall–Kier alpha value is -1.82. The van der Waals surface area contributed by atoms with Gasteiger partial charge in [-0.2, -0.15) is 0 Å². The fraction of sp³-hybridized carbons (Fsp3) is 0.125. The molecular formula is C8H7ClN2O4. The zero-order valence-electron chi connectivity index (χ0n) is 7.65. The van der Waals surface area contributed by atoms with E-state index in [0.717, 1.165) is 13.0 Å². The van der Waals surface area contributed by atoms with Gasteiger partial charge in [-0.15, -0.1) is 0 Å². The van der Waals surface area contributed by atoms with E-state index >= 15 is 0 Å². The predicted molar refractivity (Wildman–Crippen MR) is 54.2 cm³/mol. The Morgan fingerprint density at radius 2 is 2.20 bits per heavy atom. The van der Waals surface area contributed by atoms with Crippen LogP contribution in [-0.4, -0.2) is 15.8 Å². The number of nitro benzene ring substituents is 1. The van der Waals surface area contributed by atoms with Gasteiger partial charge in [0.15, 0.2) is 5.78 Å². The summed E-state index contributed by atoms with van der Waals surface area (Å²) in [5.74, 6) is -1.29. The molecule has 0 heterocycles. The molecule has 0 saturated carbocycles. The van der Waals surface area contributed by atoms with Crippen molar-refractivity contribution in [2.24, 2.45) is 0 Å². The fourth-order valence-electron chi connectivity index (χ4n) is 1.09. The summed E-state index contributed by atoms with van der Waals surface area (Å²) in [6.45, 7) is 1.16. The molecule has 0 spiro atoms. The zero-order chi connectivity index (χ0) is 11.7. The summed E-state index contributed by atoms with van der Waals surface area (Å²) in [6.07, 6.45) is 0. The van der Waals surface area contributed by atoms with Gasteiger partial charge in [-0.25, -0.2) is 0 Å². The third kappa shape index (κ3) is 1.84. The maximum Gasteiger partial charge on any atom is 0.335 e. The van der Waals surface area contributed by atoms with Gasteiger partial charge in [0.25, 0.3) is 0 Å². The highest BCUT2D eigenvalue weighted by molar-refractivity contribution is 6.34. The molecule has 6 nitrogen and oxygen atoms in total. The molecule has 7 heteroatoms. The third-order valence-electron chi connectivity index (χ3n) is 1.82. The second-order valence-corrected chi connectivity index (χ2v) is 3.24. The van der Waals surface area contributed by atoms with Crippen molar-refractivity contribution in [3.63, 3.8) is 0 Å². The number of benzene rings is 1. The molecule has 0 atom stereocenters. The minimum absolute atomic E-state index is 0.135. The van der Waals surface area contributed by atoms with Crippen LogP contribution < -0.4 is 5.73 Å². The van der Waals surface area contributed by atoms with Crippen LogP contribution in [0.1, 0.15) is 17.3 Å². The Kier molecular flexibility index (Phi) is 2.81. The first kappa shape index (κ1) is 11.3. The molecule has 3 N–H and O–H groups in total. The number of halogens is 1. The number of hydrogen-bond donors (Lipinski definition) is 2. The van der Waals surface area contributed by atoms with E-state index < -0.39 is 22.1 Å².